The number of nitrogens with one attached hydrogen (secondary N) is 1. The van der Waals surface area contributed by atoms with Gasteiger partial charge < -0.3 is 14.4 Å². The first-order chi connectivity index (χ1) is 17.3. The summed E-state index contributed by atoms with van der Waals surface area (Å²) in [6, 6.07) is 14.6. The van der Waals surface area contributed by atoms with Crippen LogP contribution >= 0.6 is 23.1 Å². The summed E-state index contributed by atoms with van der Waals surface area (Å²) in [5.41, 5.74) is 1.98. The molecule has 1 atom stereocenters. The van der Waals surface area contributed by atoms with E-state index in [1.165, 1.54) is 6.33 Å². The summed E-state index contributed by atoms with van der Waals surface area (Å²) < 4.78 is 33.4. The van der Waals surface area contributed by atoms with Crippen molar-refractivity contribution >= 4 is 60.8 Å². The lowest BCUT2D eigenvalue weighted by molar-refractivity contribution is -0.133. The van der Waals surface area contributed by atoms with Crippen LogP contribution in [0.1, 0.15) is 13.3 Å². The second-order valence-electron chi connectivity index (χ2n) is 8.69. The van der Waals surface area contributed by atoms with E-state index in [1.807, 2.05) is 42.3 Å². The van der Waals surface area contributed by atoms with Gasteiger partial charge in [-0.25, -0.2) is 13.4 Å². The monoisotopic (exact) mass is 544 g/mol. The lowest BCUT2D eigenvalue weighted by atomic mass is 10.1. The Labute approximate surface area is 218 Å². The van der Waals surface area contributed by atoms with Crippen LogP contribution in [-0.4, -0.2) is 58.8 Å². The van der Waals surface area contributed by atoms with Gasteiger partial charge in [-0.2, -0.15) is 4.37 Å². The molecule has 1 aliphatic rings. The van der Waals surface area contributed by atoms with Crippen molar-refractivity contribution in [3.63, 3.8) is 0 Å². The third-order valence-corrected chi connectivity index (χ3v) is 8.64. The van der Waals surface area contributed by atoms with Crippen LogP contribution in [-0.2, 0) is 21.4 Å². The smallest absolute Gasteiger partial charge is 0.263 e. The number of aryl methyl sites for hydroxylation is 1. The van der Waals surface area contributed by atoms with Crippen LogP contribution < -0.4 is 9.62 Å². The minimum absolute atomic E-state index is 0.0361. The first-order valence-electron chi connectivity index (χ1n) is 11.5. The van der Waals surface area contributed by atoms with Gasteiger partial charge in [0, 0.05) is 78.0 Å². The fourth-order valence-corrected chi connectivity index (χ4v) is 6.36. The minimum atomic E-state index is -3.72. The molecule has 1 N–H and O–H groups in total. The van der Waals surface area contributed by atoms with Crippen LogP contribution in [0.4, 0.5) is 10.8 Å². The summed E-state index contributed by atoms with van der Waals surface area (Å²) in [4.78, 5) is 21.1. The predicted octanol–water partition coefficient (Wildman–Crippen LogP) is 4.07. The number of amides is 1. The molecular formula is C24H25ClN6O3S2. The van der Waals surface area contributed by atoms with Crippen molar-refractivity contribution in [2.75, 3.05) is 29.3 Å². The number of benzene rings is 2. The van der Waals surface area contributed by atoms with Gasteiger partial charge in [0.05, 0.1) is 4.90 Å². The summed E-state index contributed by atoms with van der Waals surface area (Å²) in [6.45, 7) is 4.61. The molecule has 5 rings (SSSR count). The van der Waals surface area contributed by atoms with Crippen LogP contribution in [0, 0.1) is 0 Å². The predicted molar refractivity (Wildman–Crippen MR) is 142 cm³/mol. The zero-order chi connectivity index (χ0) is 25.3. The molecule has 0 aliphatic carbocycles. The van der Waals surface area contributed by atoms with Gasteiger partial charge in [0.25, 0.3) is 10.0 Å². The lowest BCUT2D eigenvalue weighted by Gasteiger charge is -2.41. The van der Waals surface area contributed by atoms with E-state index in [1.54, 1.807) is 24.3 Å². The molecule has 0 unspecified atom stereocenters. The Balaban J connectivity index is 1.18. The lowest BCUT2D eigenvalue weighted by Crippen LogP contribution is -2.54. The van der Waals surface area contributed by atoms with E-state index >= 15 is 0 Å². The maximum Gasteiger partial charge on any atom is 0.263 e. The number of halogens is 1. The van der Waals surface area contributed by atoms with E-state index in [4.69, 9.17) is 11.6 Å². The van der Waals surface area contributed by atoms with E-state index in [9.17, 15) is 13.2 Å². The van der Waals surface area contributed by atoms with E-state index < -0.39 is 10.0 Å². The minimum Gasteiger partial charge on any atom is -0.368 e. The van der Waals surface area contributed by atoms with Gasteiger partial charge in [0.1, 0.15) is 6.33 Å². The molecule has 0 spiro atoms. The molecule has 0 saturated carbocycles. The molecule has 36 heavy (non-hydrogen) atoms. The summed E-state index contributed by atoms with van der Waals surface area (Å²) in [7, 11) is -3.72. The first kappa shape index (κ1) is 24.5. The molecule has 2 aromatic carbocycles. The largest absolute Gasteiger partial charge is 0.368 e. The first-order valence-corrected chi connectivity index (χ1v) is 14.1. The quantitative estimate of drug-likeness (QED) is 0.376. The van der Waals surface area contributed by atoms with Gasteiger partial charge in [-0.05, 0) is 55.5 Å². The third-order valence-electron chi connectivity index (χ3n) is 6.34. The van der Waals surface area contributed by atoms with Crippen molar-refractivity contribution < 1.29 is 13.2 Å². The Hall–Kier alpha value is -3.15. The van der Waals surface area contributed by atoms with Gasteiger partial charge in [-0.15, -0.1) is 0 Å². The van der Waals surface area contributed by atoms with Crippen LogP contribution in [0.15, 0.2) is 66.0 Å². The highest BCUT2D eigenvalue weighted by Crippen LogP contribution is 2.24. The summed E-state index contributed by atoms with van der Waals surface area (Å²) in [6.07, 6.45) is 3.71. The Bertz CT molecular complexity index is 1470. The zero-order valence-corrected chi connectivity index (χ0v) is 21.9. The van der Waals surface area contributed by atoms with Crippen molar-refractivity contribution in [2.24, 2.45) is 0 Å². The van der Waals surface area contributed by atoms with E-state index in [2.05, 4.69) is 23.5 Å². The maximum atomic E-state index is 13.0. The van der Waals surface area contributed by atoms with Crippen molar-refractivity contribution in [3.8, 4) is 0 Å². The van der Waals surface area contributed by atoms with E-state index in [0.29, 0.717) is 37.6 Å². The number of nitrogens with zero attached hydrogens (tertiary/aromatic N) is 5. The molecule has 0 bridgehead atoms. The molecule has 12 heteroatoms. The Morgan fingerprint density at radius 2 is 1.97 bits per heavy atom. The fourth-order valence-electron chi connectivity index (χ4n) is 4.52. The molecule has 1 aliphatic heterocycles. The third kappa shape index (κ3) is 5.18. The Morgan fingerprint density at radius 1 is 1.17 bits per heavy atom. The van der Waals surface area contributed by atoms with Crippen LogP contribution in [0.5, 0.6) is 0 Å². The number of hydrogen-bond acceptors (Lipinski definition) is 7. The summed E-state index contributed by atoms with van der Waals surface area (Å²) in [5.74, 6) is 0.127. The van der Waals surface area contributed by atoms with Crippen LogP contribution in [0.3, 0.4) is 0 Å². The maximum absolute atomic E-state index is 13.0. The molecule has 1 saturated heterocycles. The topological polar surface area (TPSA) is 100 Å². The number of piperazine rings is 1. The number of rotatable bonds is 7. The van der Waals surface area contributed by atoms with Crippen molar-refractivity contribution in [2.45, 2.75) is 30.8 Å². The second kappa shape index (κ2) is 10.1. The zero-order valence-electron chi connectivity index (χ0n) is 19.5. The summed E-state index contributed by atoms with van der Waals surface area (Å²) in [5, 5.41) is 1.99. The number of fused-ring (bicyclic) bond motifs is 1. The average molecular weight is 545 g/mol. The number of aromatic nitrogens is 3. The van der Waals surface area contributed by atoms with Crippen molar-refractivity contribution in [1.82, 2.24) is 18.8 Å². The highest BCUT2D eigenvalue weighted by Gasteiger charge is 2.27. The van der Waals surface area contributed by atoms with Crippen LogP contribution in [0.2, 0.25) is 5.02 Å². The molecule has 3 heterocycles. The average Bonchev–Trinajstić information content (AvgIpc) is 3.51. The standard InChI is InChI=1S/C24H25ClN6O3S2/c1-17-15-30(20-3-5-21(6-4-20)36(33,34)28-24-26-16-27-35-24)12-13-31(17)23(32)9-11-29-10-8-18-14-19(25)2-7-22(18)29/h2-8,10,14,16-17H,9,11-13,15H2,1H3,(H,26,27,28)/t17-/m1/s1. The number of hydrogen-bond donors (Lipinski definition) is 1. The van der Waals surface area contributed by atoms with Gasteiger partial charge >= 0.3 is 0 Å². The second-order valence-corrected chi connectivity index (χ2v) is 11.6. The van der Waals surface area contributed by atoms with Gasteiger partial charge in [0.15, 0.2) is 0 Å². The molecule has 188 valence electrons. The molecule has 2 aromatic heterocycles. The van der Waals surface area contributed by atoms with E-state index in [-0.39, 0.29) is 22.0 Å². The molecule has 0 radical (unpaired) electrons. The van der Waals surface area contributed by atoms with Crippen molar-refractivity contribution in [1.29, 1.82) is 0 Å². The Kier molecular flexibility index (Phi) is 6.87. The number of anilines is 2. The molecule has 1 amide bonds. The number of carbonyl (C=O) groups excluding carboxylic acids is 1. The van der Waals surface area contributed by atoms with Gasteiger partial charge in [-0.1, -0.05) is 11.6 Å². The fraction of sp³-hybridized carbons (Fsp3) is 0.292. The van der Waals surface area contributed by atoms with Crippen LogP contribution in [0.25, 0.3) is 10.9 Å². The molecule has 9 nitrogen and oxygen atoms in total. The normalized spacial score (nSPS) is 16.4. The van der Waals surface area contributed by atoms with Crippen molar-refractivity contribution in [3.05, 3.63) is 66.1 Å². The number of carbonyl (C=O) groups is 1. The Morgan fingerprint density at radius 3 is 2.69 bits per heavy atom. The van der Waals surface area contributed by atoms with E-state index in [0.717, 1.165) is 28.1 Å². The van der Waals surface area contributed by atoms with Gasteiger partial charge in [0.2, 0.25) is 11.0 Å². The SMILES string of the molecule is C[C@@H]1CN(c2ccc(S(=O)(=O)Nc3ncns3)cc2)CCN1C(=O)CCn1ccc2cc(Cl)ccc21. The highest BCUT2D eigenvalue weighted by atomic mass is 35.5. The highest BCUT2D eigenvalue weighted by molar-refractivity contribution is 7.93. The molecule has 1 fully saturated rings. The number of sulfonamides is 1. The van der Waals surface area contributed by atoms with Gasteiger partial charge in [-0.3, -0.25) is 9.52 Å². The molecule has 4 aromatic rings. The summed E-state index contributed by atoms with van der Waals surface area (Å²) >= 11 is 7.05. The molecular weight excluding hydrogens is 520 g/mol.